The van der Waals surface area contributed by atoms with E-state index in [1.165, 1.54) is 4.88 Å². The lowest BCUT2D eigenvalue weighted by atomic mass is 10.1. The topological polar surface area (TPSA) is 46.2 Å². The minimum atomic E-state index is -2.83. The number of sulfone groups is 1. The smallest absolute Gasteiger partial charge is 0.153 e. The summed E-state index contributed by atoms with van der Waals surface area (Å²) < 4.78 is 22.8. The number of rotatable bonds is 1. The van der Waals surface area contributed by atoms with E-state index >= 15 is 0 Å². The van der Waals surface area contributed by atoms with Crippen LogP contribution in [0.1, 0.15) is 16.5 Å². The first-order chi connectivity index (χ1) is 6.57. The lowest BCUT2D eigenvalue weighted by Gasteiger charge is -2.22. The maximum Gasteiger partial charge on any atom is 0.153 e. The summed E-state index contributed by atoms with van der Waals surface area (Å²) >= 11 is 1.66. The first kappa shape index (κ1) is 10.1. The Morgan fingerprint density at radius 2 is 2.36 bits per heavy atom. The van der Waals surface area contributed by atoms with Crippen molar-refractivity contribution in [2.45, 2.75) is 13.0 Å². The van der Waals surface area contributed by atoms with Gasteiger partial charge in [0.2, 0.25) is 0 Å². The minimum absolute atomic E-state index is 0.00120. The minimum Gasteiger partial charge on any atom is -0.308 e. The molecule has 1 atom stereocenters. The summed E-state index contributed by atoms with van der Waals surface area (Å²) in [5, 5.41) is 5.27. The third-order valence-corrected chi connectivity index (χ3v) is 4.92. The molecule has 0 spiro atoms. The van der Waals surface area contributed by atoms with Gasteiger partial charge >= 0.3 is 0 Å². The number of hydrogen-bond acceptors (Lipinski definition) is 4. The summed E-state index contributed by atoms with van der Waals surface area (Å²) in [7, 11) is -2.83. The number of aryl methyl sites for hydroxylation is 1. The first-order valence-corrected chi connectivity index (χ1v) is 7.26. The maximum atomic E-state index is 11.4. The molecule has 0 bridgehead atoms. The molecule has 1 unspecified atom stereocenters. The SMILES string of the molecule is Cc1cc(C2CS(=O)(=O)CCN2)cs1. The molecule has 1 aliphatic rings. The van der Waals surface area contributed by atoms with E-state index in [0.29, 0.717) is 6.54 Å². The van der Waals surface area contributed by atoms with Crippen LogP contribution in [-0.4, -0.2) is 26.5 Å². The van der Waals surface area contributed by atoms with Crippen molar-refractivity contribution in [3.05, 3.63) is 21.9 Å². The molecule has 3 nitrogen and oxygen atoms in total. The Bertz CT molecular complexity index is 422. The van der Waals surface area contributed by atoms with Gasteiger partial charge in [0.05, 0.1) is 11.5 Å². The van der Waals surface area contributed by atoms with Crippen LogP contribution in [0.3, 0.4) is 0 Å². The highest BCUT2D eigenvalue weighted by atomic mass is 32.2. The van der Waals surface area contributed by atoms with E-state index in [2.05, 4.69) is 11.4 Å². The Balaban J connectivity index is 2.20. The van der Waals surface area contributed by atoms with Crippen molar-refractivity contribution >= 4 is 21.2 Å². The van der Waals surface area contributed by atoms with Gasteiger partial charge in [0.15, 0.2) is 9.84 Å². The Kier molecular flexibility index (Phi) is 2.64. The van der Waals surface area contributed by atoms with Gasteiger partial charge in [-0.25, -0.2) is 8.42 Å². The van der Waals surface area contributed by atoms with Crippen molar-refractivity contribution in [2.24, 2.45) is 0 Å². The molecule has 14 heavy (non-hydrogen) atoms. The molecule has 1 aliphatic heterocycles. The van der Waals surface area contributed by atoms with Gasteiger partial charge in [0.25, 0.3) is 0 Å². The maximum absolute atomic E-state index is 11.4. The summed E-state index contributed by atoms with van der Waals surface area (Å²) in [4.78, 5) is 1.23. The molecule has 0 amide bonds. The third kappa shape index (κ3) is 2.16. The van der Waals surface area contributed by atoms with Crippen LogP contribution in [0.4, 0.5) is 0 Å². The lowest BCUT2D eigenvalue weighted by Crippen LogP contribution is -2.38. The number of thiophene rings is 1. The van der Waals surface area contributed by atoms with E-state index in [1.807, 2.05) is 12.3 Å². The molecule has 1 aromatic heterocycles. The van der Waals surface area contributed by atoms with Crippen LogP contribution < -0.4 is 5.32 Å². The summed E-state index contributed by atoms with van der Waals surface area (Å²) in [5.74, 6) is 0.510. The van der Waals surface area contributed by atoms with E-state index in [4.69, 9.17) is 0 Å². The predicted octanol–water partition coefficient (Wildman–Crippen LogP) is 1.12. The van der Waals surface area contributed by atoms with Crippen molar-refractivity contribution < 1.29 is 8.42 Å². The average molecular weight is 231 g/mol. The molecule has 5 heteroatoms. The second kappa shape index (κ2) is 3.64. The average Bonchev–Trinajstić information content (AvgIpc) is 2.50. The van der Waals surface area contributed by atoms with Crippen LogP contribution in [0.25, 0.3) is 0 Å². The predicted molar refractivity (Wildman–Crippen MR) is 58.5 cm³/mol. The quantitative estimate of drug-likeness (QED) is 0.787. The van der Waals surface area contributed by atoms with Gasteiger partial charge < -0.3 is 5.32 Å². The summed E-state index contributed by atoms with van der Waals surface area (Å²) in [6, 6.07) is 2.06. The van der Waals surface area contributed by atoms with Gasteiger partial charge in [-0.1, -0.05) is 0 Å². The zero-order chi connectivity index (χ0) is 10.2. The van der Waals surface area contributed by atoms with Crippen LogP contribution in [0.5, 0.6) is 0 Å². The van der Waals surface area contributed by atoms with Crippen molar-refractivity contribution in [3.63, 3.8) is 0 Å². The molecule has 0 radical (unpaired) electrons. The molecule has 1 fully saturated rings. The molecule has 0 saturated carbocycles. The van der Waals surface area contributed by atoms with Crippen LogP contribution in [-0.2, 0) is 9.84 Å². The zero-order valence-corrected chi connectivity index (χ0v) is 9.62. The van der Waals surface area contributed by atoms with Crippen LogP contribution in [0, 0.1) is 6.92 Å². The molecule has 1 N–H and O–H groups in total. The second-order valence-electron chi connectivity index (χ2n) is 3.61. The first-order valence-electron chi connectivity index (χ1n) is 4.56. The monoisotopic (exact) mass is 231 g/mol. The van der Waals surface area contributed by atoms with Gasteiger partial charge in [0.1, 0.15) is 0 Å². The van der Waals surface area contributed by atoms with Crippen molar-refractivity contribution in [1.82, 2.24) is 5.32 Å². The second-order valence-corrected chi connectivity index (χ2v) is 6.96. The van der Waals surface area contributed by atoms with Gasteiger partial charge in [-0.05, 0) is 23.9 Å². The van der Waals surface area contributed by atoms with Crippen molar-refractivity contribution in [3.8, 4) is 0 Å². The molecular weight excluding hydrogens is 218 g/mol. The standard InChI is InChI=1S/C9H13NO2S2/c1-7-4-8(5-13-7)9-6-14(11,12)3-2-10-9/h4-5,9-10H,2-3,6H2,1H3. The van der Waals surface area contributed by atoms with Gasteiger partial charge in [-0.2, -0.15) is 0 Å². The van der Waals surface area contributed by atoms with Gasteiger partial charge in [0, 0.05) is 17.5 Å². The molecule has 2 heterocycles. The van der Waals surface area contributed by atoms with E-state index < -0.39 is 9.84 Å². The van der Waals surface area contributed by atoms with Crippen LogP contribution >= 0.6 is 11.3 Å². The fourth-order valence-electron chi connectivity index (χ4n) is 1.65. The van der Waals surface area contributed by atoms with Crippen molar-refractivity contribution in [2.75, 3.05) is 18.1 Å². The molecule has 1 aromatic rings. The Hall–Kier alpha value is -0.390. The molecule has 0 aliphatic carbocycles. The fourth-order valence-corrected chi connectivity index (χ4v) is 3.82. The molecular formula is C9H13NO2S2. The normalized spacial score (nSPS) is 26.2. The summed E-state index contributed by atoms with van der Waals surface area (Å²) in [6.07, 6.45) is 0. The Morgan fingerprint density at radius 1 is 1.57 bits per heavy atom. The van der Waals surface area contributed by atoms with E-state index in [9.17, 15) is 8.42 Å². The van der Waals surface area contributed by atoms with Crippen LogP contribution in [0.15, 0.2) is 11.4 Å². The van der Waals surface area contributed by atoms with E-state index in [-0.39, 0.29) is 17.5 Å². The van der Waals surface area contributed by atoms with Crippen molar-refractivity contribution in [1.29, 1.82) is 0 Å². The summed E-state index contributed by atoms with van der Waals surface area (Å²) in [5.41, 5.74) is 1.11. The molecule has 2 rings (SSSR count). The highest BCUT2D eigenvalue weighted by Crippen LogP contribution is 2.23. The number of hydrogen-bond donors (Lipinski definition) is 1. The molecule has 1 saturated heterocycles. The van der Waals surface area contributed by atoms with E-state index in [1.54, 1.807) is 11.3 Å². The highest BCUT2D eigenvalue weighted by Gasteiger charge is 2.25. The highest BCUT2D eigenvalue weighted by molar-refractivity contribution is 7.91. The van der Waals surface area contributed by atoms with Gasteiger partial charge in [-0.3, -0.25) is 0 Å². The number of nitrogens with one attached hydrogen (secondary N) is 1. The molecule has 78 valence electrons. The third-order valence-electron chi connectivity index (χ3n) is 2.38. The summed E-state index contributed by atoms with van der Waals surface area (Å²) in [6.45, 7) is 2.60. The zero-order valence-electron chi connectivity index (χ0n) is 7.99. The fraction of sp³-hybridized carbons (Fsp3) is 0.556. The molecule has 0 aromatic carbocycles. The Labute approximate surface area is 88.1 Å². The van der Waals surface area contributed by atoms with Crippen LogP contribution in [0.2, 0.25) is 0 Å². The largest absolute Gasteiger partial charge is 0.308 e. The van der Waals surface area contributed by atoms with E-state index in [0.717, 1.165) is 5.56 Å². The van der Waals surface area contributed by atoms with Gasteiger partial charge in [-0.15, -0.1) is 11.3 Å². The lowest BCUT2D eigenvalue weighted by molar-refractivity contribution is 0.531. The Morgan fingerprint density at radius 3 is 2.93 bits per heavy atom.